The van der Waals surface area contributed by atoms with E-state index < -0.39 is 5.60 Å². The van der Waals surface area contributed by atoms with Crippen LogP contribution in [0.2, 0.25) is 0 Å². The van der Waals surface area contributed by atoms with Crippen LogP contribution in [-0.4, -0.2) is 79.8 Å². The van der Waals surface area contributed by atoms with Crippen LogP contribution in [-0.2, 0) is 33.3 Å². The fourth-order valence-electron chi connectivity index (χ4n) is 2.00. The molecule has 0 saturated carbocycles. The molecule has 31 heavy (non-hydrogen) atoms. The second-order valence-electron chi connectivity index (χ2n) is 8.32. The second-order valence-corrected chi connectivity index (χ2v) is 8.32. The fraction of sp³-hybridized carbons (Fsp3) is 0.810. The minimum Gasteiger partial charge on any atom is -0.460 e. The summed E-state index contributed by atoms with van der Waals surface area (Å²) in [7, 11) is 1.00. The van der Waals surface area contributed by atoms with Crippen molar-refractivity contribution in [2.24, 2.45) is 4.99 Å². The van der Waals surface area contributed by atoms with E-state index in [-0.39, 0.29) is 36.0 Å². The number of aliphatic imine (C=N–C) groups is 1. The number of ether oxygens (including phenoxy) is 4. The number of Topliss-reactive ketones (excluding diaryl/α,β-unsaturated/α-hetero) is 1. The Morgan fingerprint density at radius 1 is 0.935 bits per heavy atom. The molecule has 0 unspecified atom stereocenters. The number of nitrogens with zero attached hydrogens (tertiary/aromatic N) is 1. The standard InChI is InChI=1S/C10H17NO3.C6H12O2.C4H6O2.CH4O.H3N/c1-10(2,3)14-9(12)6-11-8-4-5-13-7-8;1-5(7)8-6(2,3)4;5-4-1-2-6-3-4;1-2;/h4-7H2,1-3H3;1-4H3;1-3H2;2H,1H3;1H3. The molecule has 0 bridgehead atoms. The molecule has 2 rings (SSSR count). The molecule has 10 nitrogen and oxygen atoms in total. The van der Waals surface area contributed by atoms with Gasteiger partial charge in [0.1, 0.15) is 24.4 Å². The number of carbonyl (C=O) groups is 3. The van der Waals surface area contributed by atoms with Gasteiger partial charge in [0, 0.05) is 32.6 Å². The average Bonchev–Trinajstić information content (AvgIpc) is 3.25. The van der Waals surface area contributed by atoms with Crippen LogP contribution in [0.3, 0.4) is 0 Å². The highest BCUT2D eigenvalue weighted by Crippen LogP contribution is 2.07. The zero-order valence-electron chi connectivity index (χ0n) is 20.4. The van der Waals surface area contributed by atoms with E-state index in [9.17, 15) is 14.4 Å². The van der Waals surface area contributed by atoms with Crippen molar-refractivity contribution in [1.29, 1.82) is 0 Å². The lowest BCUT2D eigenvalue weighted by Gasteiger charge is -2.18. The highest BCUT2D eigenvalue weighted by atomic mass is 16.6. The number of hydrogen-bond acceptors (Lipinski definition) is 10. The molecule has 0 amide bonds. The van der Waals surface area contributed by atoms with Crippen molar-refractivity contribution in [3.05, 3.63) is 0 Å². The first kappa shape index (κ1) is 33.8. The van der Waals surface area contributed by atoms with Crippen LogP contribution < -0.4 is 6.15 Å². The molecule has 0 aromatic rings. The van der Waals surface area contributed by atoms with E-state index in [1.165, 1.54) is 6.92 Å². The van der Waals surface area contributed by atoms with Gasteiger partial charge in [-0.1, -0.05) is 0 Å². The Morgan fingerprint density at radius 2 is 1.42 bits per heavy atom. The maximum Gasteiger partial charge on any atom is 0.328 e. The minimum absolute atomic E-state index is 0. The summed E-state index contributed by atoms with van der Waals surface area (Å²) in [5.74, 6) is -0.274. The number of rotatable bonds is 2. The highest BCUT2D eigenvalue weighted by Gasteiger charge is 2.16. The fourth-order valence-corrected chi connectivity index (χ4v) is 2.00. The van der Waals surface area contributed by atoms with Gasteiger partial charge in [0.25, 0.3) is 0 Å². The molecule has 2 fully saturated rings. The molecule has 0 radical (unpaired) electrons. The molecule has 2 aliphatic rings. The monoisotopic (exact) mass is 450 g/mol. The first-order chi connectivity index (χ1) is 13.8. The Hall–Kier alpha value is -1.88. The molecule has 0 spiro atoms. The number of ketones is 1. The summed E-state index contributed by atoms with van der Waals surface area (Å²) in [6.45, 7) is 14.8. The van der Waals surface area contributed by atoms with Crippen LogP contribution in [0, 0.1) is 0 Å². The predicted molar refractivity (Wildman–Crippen MR) is 119 cm³/mol. The van der Waals surface area contributed by atoms with Crippen LogP contribution >= 0.6 is 0 Å². The van der Waals surface area contributed by atoms with Gasteiger partial charge in [-0.3, -0.25) is 19.4 Å². The molecule has 0 atom stereocenters. The maximum absolute atomic E-state index is 11.2. The summed E-state index contributed by atoms with van der Waals surface area (Å²) in [4.78, 5) is 35.7. The Kier molecular flexibility index (Phi) is 19.3. The maximum atomic E-state index is 11.2. The third-order valence-electron chi connectivity index (χ3n) is 2.89. The normalized spacial score (nSPS) is 16.4. The minimum atomic E-state index is -0.427. The first-order valence-corrected chi connectivity index (χ1v) is 9.84. The third-order valence-corrected chi connectivity index (χ3v) is 2.89. The molecule has 2 heterocycles. The summed E-state index contributed by atoms with van der Waals surface area (Å²) < 4.78 is 19.7. The van der Waals surface area contributed by atoms with Crippen LogP contribution in [0.25, 0.3) is 0 Å². The van der Waals surface area contributed by atoms with Crippen molar-refractivity contribution in [3.8, 4) is 0 Å². The lowest BCUT2D eigenvalue weighted by atomic mass is 10.2. The van der Waals surface area contributed by atoms with Gasteiger partial charge in [-0.05, 0) is 41.5 Å². The third kappa shape index (κ3) is 26.1. The molecular formula is C21H42N2O8. The lowest BCUT2D eigenvalue weighted by molar-refractivity contribution is -0.153. The van der Waals surface area contributed by atoms with Crippen LogP contribution in [0.15, 0.2) is 4.99 Å². The zero-order valence-corrected chi connectivity index (χ0v) is 20.4. The molecule has 0 aromatic carbocycles. The Balaban J connectivity index is -0.000000393. The van der Waals surface area contributed by atoms with Crippen LogP contribution in [0.1, 0.15) is 61.3 Å². The van der Waals surface area contributed by atoms with E-state index in [0.29, 0.717) is 32.8 Å². The van der Waals surface area contributed by atoms with Gasteiger partial charge in [-0.15, -0.1) is 0 Å². The molecule has 0 aromatic heterocycles. The van der Waals surface area contributed by atoms with Crippen molar-refractivity contribution in [3.63, 3.8) is 0 Å². The summed E-state index contributed by atoms with van der Waals surface area (Å²) in [6, 6.07) is 0. The van der Waals surface area contributed by atoms with E-state index in [1.807, 2.05) is 41.5 Å². The number of esters is 2. The van der Waals surface area contributed by atoms with E-state index in [2.05, 4.69) is 4.99 Å². The van der Waals surface area contributed by atoms with E-state index in [0.717, 1.165) is 19.2 Å². The molecule has 4 N–H and O–H groups in total. The van der Waals surface area contributed by atoms with Crippen molar-refractivity contribution < 1.29 is 38.4 Å². The lowest BCUT2D eigenvalue weighted by Crippen LogP contribution is -2.25. The quantitative estimate of drug-likeness (QED) is 0.602. The Labute approximate surface area is 186 Å². The van der Waals surface area contributed by atoms with Crippen molar-refractivity contribution in [2.75, 3.05) is 40.1 Å². The van der Waals surface area contributed by atoms with E-state index in [1.54, 1.807) is 0 Å². The van der Waals surface area contributed by atoms with Gasteiger partial charge in [0.2, 0.25) is 0 Å². The number of aliphatic hydroxyl groups excluding tert-OH is 1. The van der Waals surface area contributed by atoms with E-state index >= 15 is 0 Å². The number of carbonyl (C=O) groups excluding carboxylic acids is 3. The molecule has 0 aliphatic carbocycles. The topological polar surface area (TPSA) is 156 Å². The second kappa shape index (κ2) is 17.8. The summed E-state index contributed by atoms with van der Waals surface area (Å²) in [5, 5.41) is 7.00. The Bertz CT molecular complexity index is 533. The first-order valence-electron chi connectivity index (χ1n) is 9.84. The number of aliphatic hydroxyl groups is 1. The van der Waals surface area contributed by atoms with Gasteiger partial charge < -0.3 is 30.2 Å². The molecule has 2 saturated heterocycles. The smallest absolute Gasteiger partial charge is 0.328 e. The molecule has 2 aliphatic heterocycles. The largest absolute Gasteiger partial charge is 0.460 e. The summed E-state index contributed by atoms with van der Waals surface area (Å²) in [6.07, 6.45) is 1.46. The van der Waals surface area contributed by atoms with E-state index in [4.69, 9.17) is 24.1 Å². The summed E-state index contributed by atoms with van der Waals surface area (Å²) in [5.41, 5.74) is 0.200. The molecule has 10 heteroatoms. The van der Waals surface area contributed by atoms with Gasteiger partial charge in [-0.25, -0.2) is 0 Å². The Morgan fingerprint density at radius 3 is 1.68 bits per heavy atom. The number of hydrogen-bond donors (Lipinski definition) is 2. The van der Waals surface area contributed by atoms with Gasteiger partial charge in [0.15, 0.2) is 5.78 Å². The van der Waals surface area contributed by atoms with Crippen molar-refractivity contribution in [2.45, 2.75) is 72.5 Å². The SMILES string of the molecule is CC(=O)OC(C)(C)C.CC(C)(C)OC(=O)CN=C1CCOC1.CO.N.O=C1CCOC1. The van der Waals surface area contributed by atoms with Crippen molar-refractivity contribution >= 4 is 23.4 Å². The van der Waals surface area contributed by atoms with Crippen LogP contribution in [0.5, 0.6) is 0 Å². The predicted octanol–water partition coefficient (Wildman–Crippen LogP) is 2.28. The zero-order chi connectivity index (χ0) is 23.8. The van der Waals surface area contributed by atoms with Crippen molar-refractivity contribution in [1.82, 2.24) is 6.15 Å². The molecular weight excluding hydrogens is 408 g/mol. The van der Waals surface area contributed by atoms with Gasteiger partial charge in [-0.2, -0.15) is 0 Å². The molecule has 184 valence electrons. The highest BCUT2D eigenvalue weighted by molar-refractivity contribution is 5.89. The van der Waals surface area contributed by atoms with Gasteiger partial charge >= 0.3 is 11.9 Å². The summed E-state index contributed by atoms with van der Waals surface area (Å²) >= 11 is 0. The van der Waals surface area contributed by atoms with Gasteiger partial charge in [0.05, 0.1) is 19.8 Å². The average molecular weight is 451 g/mol. The van der Waals surface area contributed by atoms with Crippen LogP contribution in [0.4, 0.5) is 0 Å².